The van der Waals surface area contributed by atoms with Crippen LogP contribution in [-0.2, 0) is 0 Å². The van der Waals surface area contributed by atoms with E-state index in [1.165, 1.54) is 29.2 Å². The van der Waals surface area contributed by atoms with Gasteiger partial charge in [0, 0.05) is 31.6 Å². The molecule has 0 saturated carbocycles. The van der Waals surface area contributed by atoms with E-state index in [1.54, 1.807) is 13.0 Å². The second-order valence-electron chi connectivity index (χ2n) is 7.56. The lowest BCUT2D eigenvalue weighted by molar-refractivity contribution is 0.0339. The summed E-state index contributed by atoms with van der Waals surface area (Å²) < 4.78 is 26.9. The zero-order valence-corrected chi connectivity index (χ0v) is 16.2. The Hall–Kier alpha value is -3.33. The van der Waals surface area contributed by atoms with E-state index in [1.807, 2.05) is 4.90 Å². The standard InChI is InChI=1S/C21H19F2N5O2/c1-12(28-20(29)15-4-2-13(22)10-17(15)21(28)30)26-6-8-27(9-7-26)19-16-5-3-14(23)11-18(16)24-25-19/h2-5,10-12H,6-9H2,1H3,(H,24,25). The molecule has 1 aromatic heterocycles. The van der Waals surface area contributed by atoms with Crippen molar-refractivity contribution in [2.75, 3.05) is 31.1 Å². The number of amides is 2. The van der Waals surface area contributed by atoms with Crippen molar-refractivity contribution in [2.24, 2.45) is 0 Å². The van der Waals surface area contributed by atoms with Gasteiger partial charge in [-0.25, -0.2) is 8.78 Å². The summed E-state index contributed by atoms with van der Waals surface area (Å²) in [5.74, 6) is -0.968. The number of nitrogens with one attached hydrogen (secondary N) is 1. The van der Waals surface area contributed by atoms with Crippen LogP contribution >= 0.6 is 0 Å². The average Bonchev–Trinajstić information content (AvgIpc) is 3.26. The first kappa shape index (κ1) is 18.7. The number of rotatable bonds is 3. The van der Waals surface area contributed by atoms with Gasteiger partial charge in [-0.1, -0.05) is 0 Å². The van der Waals surface area contributed by atoms with Crippen molar-refractivity contribution in [3.05, 3.63) is 59.2 Å². The Morgan fingerprint density at radius 2 is 1.60 bits per heavy atom. The Morgan fingerprint density at radius 3 is 2.37 bits per heavy atom. The number of hydrogen-bond acceptors (Lipinski definition) is 5. The lowest BCUT2D eigenvalue weighted by Crippen LogP contribution is -2.56. The van der Waals surface area contributed by atoms with Gasteiger partial charge in [0.2, 0.25) is 0 Å². The molecule has 1 atom stereocenters. The number of aromatic nitrogens is 2. The van der Waals surface area contributed by atoms with Crippen molar-refractivity contribution in [2.45, 2.75) is 13.1 Å². The molecular weight excluding hydrogens is 392 g/mol. The lowest BCUT2D eigenvalue weighted by atomic mass is 10.1. The predicted octanol–water partition coefficient (Wildman–Crippen LogP) is 2.61. The summed E-state index contributed by atoms with van der Waals surface area (Å²) in [5, 5.41) is 8.03. The Kier molecular flexibility index (Phi) is 4.28. The molecule has 5 rings (SSSR count). The zero-order chi connectivity index (χ0) is 21.0. The number of fused-ring (bicyclic) bond motifs is 2. The molecule has 3 aromatic rings. The number of aromatic amines is 1. The second kappa shape index (κ2) is 6.88. The second-order valence-corrected chi connectivity index (χ2v) is 7.56. The van der Waals surface area contributed by atoms with Gasteiger partial charge in [-0.3, -0.25) is 24.5 Å². The smallest absolute Gasteiger partial charge is 0.262 e. The number of nitrogens with zero attached hydrogens (tertiary/aromatic N) is 4. The van der Waals surface area contributed by atoms with E-state index in [-0.39, 0.29) is 16.9 Å². The van der Waals surface area contributed by atoms with Crippen LogP contribution in [0.25, 0.3) is 10.9 Å². The highest BCUT2D eigenvalue weighted by Gasteiger charge is 2.41. The van der Waals surface area contributed by atoms with Crippen LogP contribution in [0.2, 0.25) is 0 Å². The van der Waals surface area contributed by atoms with Gasteiger partial charge in [0.1, 0.15) is 11.6 Å². The van der Waals surface area contributed by atoms with E-state index < -0.39 is 23.8 Å². The van der Waals surface area contributed by atoms with Crippen LogP contribution in [0, 0.1) is 11.6 Å². The number of hydrogen-bond donors (Lipinski definition) is 1. The maximum absolute atomic E-state index is 13.5. The number of benzene rings is 2. The number of imide groups is 1. The third kappa shape index (κ3) is 2.85. The molecule has 2 amide bonds. The molecule has 3 heterocycles. The summed E-state index contributed by atoms with van der Waals surface area (Å²) in [6, 6.07) is 8.19. The summed E-state index contributed by atoms with van der Waals surface area (Å²) in [6.07, 6.45) is -0.451. The Bertz CT molecular complexity index is 1170. The predicted molar refractivity (Wildman–Crippen MR) is 106 cm³/mol. The fourth-order valence-electron chi connectivity index (χ4n) is 4.26. The van der Waals surface area contributed by atoms with E-state index in [9.17, 15) is 18.4 Å². The number of H-pyrrole nitrogens is 1. The Balaban J connectivity index is 1.31. The molecule has 0 radical (unpaired) electrons. The van der Waals surface area contributed by atoms with Crippen molar-refractivity contribution >= 4 is 28.5 Å². The van der Waals surface area contributed by atoms with Crippen LogP contribution in [0.15, 0.2) is 36.4 Å². The number of carbonyl (C=O) groups excluding carboxylic acids is 2. The van der Waals surface area contributed by atoms with E-state index in [4.69, 9.17) is 0 Å². The fourth-order valence-corrected chi connectivity index (χ4v) is 4.26. The van der Waals surface area contributed by atoms with Crippen molar-refractivity contribution < 1.29 is 18.4 Å². The van der Waals surface area contributed by atoms with E-state index in [2.05, 4.69) is 15.1 Å². The summed E-state index contributed by atoms with van der Waals surface area (Å²) in [7, 11) is 0. The molecule has 30 heavy (non-hydrogen) atoms. The molecule has 0 aliphatic carbocycles. The van der Waals surface area contributed by atoms with Crippen molar-refractivity contribution in [3.8, 4) is 0 Å². The van der Waals surface area contributed by atoms with Crippen LogP contribution in [0.4, 0.5) is 14.6 Å². The van der Waals surface area contributed by atoms with E-state index >= 15 is 0 Å². The molecular formula is C21H19F2N5O2. The Morgan fingerprint density at radius 1 is 0.933 bits per heavy atom. The summed E-state index contributed by atoms with van der Waals surface area (Å²) in [4.78, 5) is 30.8. The maximum atomic E-state index is 13.5. The summed E-state index contributed by atoms with van der Waals surface area (Å²) >= 11 is 0. The van der Waals surface area contributed by atoms with Gasteiger partial charge >= 0.3 is 0 Å². The highest BCUT2D eigenvalue weighted by Crippen LogP contribution is 2.29. The van der Waals surface area contributed by atoms with Crippen LogP contribution in [-0.4, -0.2) is 64.2 Å². The van der Waals surface area contributed by atoms with Gasteiger partial charge in [-0.2, -0.15) is 5.10 Å². The lowest BCUT2D eigenvalue weighted by Gasteiger charge is -2.40. The van der Waals surface area contributed by atoms with E-state index in [0.717, 1.165) is 17.3 Å². The third-order valence-corrected chi connectivity index (χ3v) is 5.90. The van der Waals surface area contributed by atoms with Crippen molar-refractivity contribution in [1.29, 1.82) is 0 Å². The van der Waals surface area contributed by atoms with Gasteiger partial charge in [0.15, 0.2) is 5.82 Å². The van der Waals surface area contributed by atoms with Gasteiger partial charge in [-0.15, -0.1) is 0 Å². The van der Waals surface area contributed by atoms with Crippen LogP contribution in [0.5, 0.6) is 0 Å². The normalized spacial score (nSPS) is 18.4. The van der Waals surface area contributed by atoms with Gasteiger partial charge in [0.25, 0.3) is 11.8 Å². The number of carbonyl (C=O) groups is 2. The molecule has 1 fully saturated rings. The van der Waals surface area contributed by atoms with Gasteiger partial charge in [-0.05, 0) is 43.3 Å². The molecule has 7 nitrogen and oxygen atoms in total. The average molecular weight is 411 g/mol. The monoisotopic (exact) mass is 411 g/mol. The molecule has 1 unspecified atom stereocenters. The molecule has 0 bridgehead atoms. The molecule has 9 heteroatoms. The SMILES string of the molecule is CC(N1CCN(c2n[nH]c3cc(F)ccc23)CC1)N1C(=O)c2ccc(F)cc2C1=O. The fraction of sp³-hybridized carbons (Fsp3) is 0.286. The summed E-state index contributed by atoms with van der Waals surface area (Å²) in [5.41, 5.74) is 0.988. The first-order chi connectivity index (χ1) is 14.4. The van der Waals surface area contributed by atoms with Crippen molar-refractivity contribution in [1.82, 2.24) is 20.0 Å². The number of halogens is 2. The minimum absolute atomic E-state index is 0.112. The molecule has 2 aliphatic rings. The maximum Gasteiger partial charge on any atom is 0.262 e. The first-order valence-electron chi connectivity index (χ1n) is 9.74. The number of anilines is 1. The molecule has 0 spiro atoms. The zero-order valence-electron chi connectivity index (χ0n) is 16.2. The minimum Gasteiger partial charge on any atom is -0.352 e. The highest BCUT2D eigenvalue weighted by molar-refractivity contribution is 6.21. The Labute approximate surface area is 170 Å². The third-order valence-electron chi connectivity index (χ3n) is 5.90. The minimum atomic E-state index is -0.538. The topological polar surface area (TPSA) is 72.5 Å². The van der Waals surface area contributed by atoms with Gasteiger partial charge in [0.05, 0.1) is 22.8 Å². The first-order valence-corrected chi connectivity index (χ1v) is 9.74. The van der Waals surface area contributed by atoms with E-state index in [0.29, 0.717) is 31.7 Å². The molecule has 1 saturated heterocycles. The molecule has 1 N–H and O–H groups in total. The molecule has 2 aromatic carbocycles. The van der Waals surface area contributed by atoms with Crippen LogP contribution in [0.1, 0.15) is 27.6 Å². The van der Waals surface area contributed by atoms with Gasteiger partial charge < -0.3 is 4.90 Å². The largest absolute Gasteiger partial charge is 0.352 e. The highest BCUT2D eigenvalue weighted by atomic mass is 19.1. The molecule has 154 valence electrons. The van der Waals surface area contributed by atoms with Crippen LogP contribution in [0.3, 0.4) is 0 Å². The van der Waals surface area contributed by atoms with Crippen molar-refractivity contribution in [3.63, 3.8) is 0 Å². The number of piperazine rings is 1. The van der Waals surface area contributed by atoms with Crippen LogP contribution < -0.4 is 4.90 Å². The summed E-state index contributed by atoms with van der Waals surface area (Å²) in [6.45, 7) is 4.30. The quantitative estimate of drug-likeness (QED) is 0.671. The molecule has 2 aliphatic heterocycles.